The van der Waals surface area contributed by atoms with E-state index in [9.17, 15) is 19.2 Å². The second-order valence-electron chi connectivity index (χ2n) is 10.7. The highest BCUT2D eigenvalue weighted by Gasteiger charge is 2.34. The highest BCUT2D eigenvalue weighted by atomic mass is 16.5. The molecule has 0 saturated heterocycles. The molecule has 6 heteroatoms. The molecule has 2 aliphatic rings. The Morgan fingerprint density at radius 1 is 1.00 bits per heavy atom. The number of hydrogen-bond acceptors (Lipinski definition) is 6. The highest BCUT2D eigenvalue weighted by Crippen LogP contribution is 2.38. The second kappa shape index (κ2) is 15.8. The topological polar surface area (TPSA) is 86.7 Å². The molecule has 2 aliphatic carbocycles. The molecular formula is C30H46O6. The van der Waals surface area contributed by atoms with E-state index in [4.69, 9.17) is 9.47 Å². The van der Waals surface area contributed by atoms with Crippen molar-refractivity contribution in [2.75, 3.05) is 13.2 Å². The summed E-state index contributed by atoms with van der Waals surface area (Å²) in [5.41, 5.74) is 2.22. The monoisotopic (exact) mass is 502 g/mol. The predicted molar refractivity (Wildman–Crippen MR) is 140 cm³/mol. The number of ketones is 1. The van der Waals surface area contributed by atoms with E-state index in [1.54, 1.807) is 13.8 Å². The third-order valence-electron chi connectivity index (χ3n) is 7.63. The standard InChI is InChI=1S/C30H46O6/c1-5-28(33)35-15-13-23(14-16-36-29(34)6-2)30(25-12-8-10-22(4)18-25)27(32)19-26(20-31)24-11-7-9-21(3)17-24/h11,18,20-23,26,30H,5-10,12-17,19H2,1-4H3. The number of carbonyl (C=O) groups is 4. The van der Waals surface area contributed by atoms with E-state index in [-0.39, 0.29) is 55.1 Å². The maximum Gasteiger partial charge on any atom is 0.305 e. The van der Waals surface area contributed by atoms with Gasteiger partial charge in [-0.25, -0.2) is 0 Å². The highest BCUT2D eigenvalue weighted by molar-refractivity contribution is 5.87. The Labute approximate surface area is 217 Å². The molecule has 0 saturated carbocycles. The van der Waals surface area contributed by atoms with Gasteiger partial charge in [-0.05, 0) is 69.1 Å². The first-order chi connectivity index (χ1) is 17.3. The Bertz CT molecular complexity index is 788. The van der Waals surface area contributed by atoms with E-state index in [1.807, 2.05) is 0 Å². The molecule has 0 radical (unpaired) electrons. The number of esters is 2. The van der Waals surface area contributed by atoms with Gasteiger partial charge in [-0.1, -0.05) is 51.0 Å². The van der Waals surface area contributed by atoms with Crippen LogP contribution in [0.5, 0.6) is 0 Å². The van der Waals surface area contributed by atoms with Gasteiger partial charge in [0.15, 0.2) is 0 Å². The first-order valence-electron chi connectivity index (χ1n) is 14.0. The van der Waals surface area contributed by atoms with Crippen molar-refractivity contribution in [1.82, 2.24) is 0 Å². The van der Waals surface area contributed by atoms with Crippen LogP contribution in [0.15, 0.2) is 23.3 Å². The van der Waals surface area contributed by atoms with Crippen molar-refractivity contribution >= 4 is 24.0 Å². The van der Waals surface area contributed by atoms with E-state index in [0.717, 1.165) is 56.0 Å². The summed E-state index contributed by atoms with van der Waals surface area (Å²) in [5.74, 6) is -0.426. The van der Waals surface area contributed by atoms with Crippen LogP contribution < -0.4 is 0 Å². The zero-order valence-electron chi connectivity index (χ0n) is 22.8. The maximum absolute atomic E-state index is 13.9. The molecule has 0 bridgehead atoms. The first-order valence-corrected chi connectivity index (χ1v) is 14.0. The fourth-order valence-corrected chi connectivity index (χ4v) is 5.58. The normalized spacial score (nSPS) is 21.7. The summed E-state index contributed by atoms with van der Waals surface area (Å²) in [6.45, 7) is 8.33. The summed E-state index contributed by atoms with van der Waals surface area (Å²) in [5, 5.41) is 0. The van der Waals surface area contributed by atoms with Crippen LogP contribution in [0.3, 0.4) is 0 Å². The summed E-state index contributed by atoms with van der Waals surface area (Å²) in [4.78, 5) is 49.6. The van der Waals surface area contributed by atoms with Gasteiger partial charge >= 0.3 is 11.9 Å². The third-order valence-corrected chi connectivity index (χ3v) is 7.63. The molecule has 6 nitrogen and oxygen atoms in total. The van der Waals surface area contributed by atoms with Crippen molar-refractivity contribution in [3.8, 4) is 0 Å². The summed E-state index contributed by atoms with van der Waals surface area (Å²) in [7, 11) is 0. The van der Waals surface area contributed by atoms with E-state index in [2.05, 4.69) is 26.0 Å². The zero-order valence-corrected chi connectivity index (χ0v) is 22.8. The van der Waals surface area contributed by atoms with Crippen LogP contribution in [0.25, 0.3) is 0 Å². The Morgan fingerprint density at radius 2 is 1.64 bits per heavy atom. The average molecular weight is 503 g/mol. The largest absolute Gasteiger partial charge is 0.466 e. The van der Waals surface area contributed by atoms with Gasteiger partial charge in [0.2, 0.25) is 0 Å². The van der Waals surface area contributed by atoms with Gasteiger partial charge in [-0.2, -0.15) is 0 Å². The zero-order chi connectivity index (χ0) is 26.5. The number of allylic oxidation sites excluding steroid dienone is 4. The van der Waals surface area contributed by atoms with E-state index >= 15 is 0 Å². The molecule has 0 heterocycles. The van der Waals surface area contributed by atoms with Gasteiger partial charge in [0.25, 0.3) is 0 Å². The minimum atomic E-state index is -0.388. The lowest BCUT2D eigenvalue weighted by Crippen LogP contribution is -2.32. The summed E-state index contributed by atoms with van der Waals surface area (Å²) >= 11 is 0. The van der Waals surface area contributed by atoms with Crippen molar-refractivity contribution in [2.24, 2.45) is 29.6 Å². The number of aldehydes is 1. The average Bonchev–Trinajstić information content (AvgIpc) is 2.86. The number of Topliss-reactive ketones (excluding diaryl/α,β-unsaturated/α-hetero) is 1. The van der Waals surface area contributed by atoms with Crippen LogP contribution in [0.1, 0.15) is 98.3 Å². The van der Waals surface area contributed by atoms with Crippen molar-refractivity contribution < 1.29 is 28.7 Å². The van der Waals surface area contributed by atoms with Crippen LogP contribution in [0, 0.1) is 29.6 Å². The SMILES string of the molecule is CCC(=O)OCCC(CCOC(=O)CC)C(C(=O)CC(C=O)C1=CCCC(C)C1)C1=CC(C)CCC1. The Kier molecular flexibility index (Phi) is 13.1. The van der Waals surface area contributed by atoms with Crippen LogP contribution in [0.2, 0.25) is 0 Å². The molecule has 4 atom stereocenters. The molecule has 202 valence electrons. The van der Waals surface area contributed by atoms with Gasteiger partial charge in [0.1, 0.15) is 12.1 Å². The number of carbonyl (C=O) groups excluding carboxylic acids is 4. The van der Waals surface area contributed by atoms with Crippen molar-refractivity contribution in [2.45, 2.75) is 98.3 Å². The minimum Gasteiger partial charge on any atom is -0.466 e. The second-order valence-corrected chi connectivity index (χ2v) is 10.7. The van der Waals surface area contributed by atoms with Gasteiger partial charge < -0.3 is 14.3 Å². The molecule has 0 spiro atoms. The fourth-order valence-electron chi connectivity index (χ4n) is 5.58. The van der Waals surface area contributed by atoms with Gasteiger partial charge in [-0.3, -0.25) is 14.4 Å². The predicted octanol–water partition coefficient (Wildman–Crippen LogP) is 6.17. The number of rotatable bonds is 15. The lowest BCUT2D eigenvalue weighted by molar-refractivity contribution is -0.144. The Hall–Kier alpha value is -2.24. The summed E-state index contributed by atoms with van der Waals surface area (Å²) < 4.78 is 10.8. The maximum atomic E-state index is 13.9. The summed E-state index contributed by atoms with van der Waals surface area (Å²) in [6.07, 6.45) is 13.1. The minimum absolute atomic E-state index is 0.0696. The third kappa shape index (κ3) is 9.67. The number of ether oxygens (including phenoxy) is 2. The first kappa shape index (κ1) is 30.0. The van der Waals surface area contributed by atoms with E-state index in [1.165, 1.54) is 0 Å². The molecule has 0 fully saturated rings. The molecule has 0 aromatic heterocycles. The molecule has 0 aromatic carbocycles. The molecule has 2 rings (SSSR count). The van der Waals surface area contributed by atoms with Crippen LogP contribution >= 0.6 is 0 Å². The fraction of sp³-hybridized carbons (Fsp3) is 0.733. The van der Waals surface area contributed by atoms with Crippen molar-refractivity contribution in [1.29, 1.82) is 0 Å². The molecule has 0 N–H and O–H groups in total. The van der Waals surface area contributed by atoms with Crippen LogP contribution in [-0.4, -0.2) is 37.2 Å². The van der Waals surface area contributed by atoms with E-state index < -0.39 is 0 Å². The molecule has 36 heavy (non-hydrogen) atoms. The molecule has 0 amide bonds. The smallest absolute Gasteiger partial charge is 0.305 e. The van der Waals surface area contributed by atoms with Crippen LogP contribution in [-0.2, 0) is 28.7 Å². The molecule has 0 aliphatic heterocycles. The lowest BCUT2D eigenvalue weighted by Gasteiger charge is -2.32. The van der Waals surface area contributed by atoms with Crippen molar-refractivity contribution in [3.63, 3.8) is 0 Å². The van der Waals surface area contributed by atoms with Gasteiger partial charge in [-0.15, -0.1) is 0 Å². The molecular weight excluding hydrogens is 456 g/mol. The lowest BCUT2D eigenvalue weighted by atomic mass is 9.72. The summed E-state index contributed by atoms with van der Waals surface area (Å²) in [6, 6.07) is 0. The van der Waals surface area contributed by atoms with Crippen molar-refractivity contribution in [3.05, 3.63) is 23.3 Å². The van der Waals surface area contributed by atoms with Gasteiger partial charge in [0, 0.05) is 31.1 Å². The van der Waals surface area contributed by atoms with E-state index in [0.29, 0.717) is 37.5 Å². The quantitative estimate of drug-likeness (QED) is 0.151. The number of hydrogen-bond donors (Lipinski definition) is 0. The Morgan fingerprint density at radius 3 is 2.17 bits per heavy atom. The molecule has 4 unspecified atom stereocenters. The molecule has 0 aromatic rings. The Balaban J connectivity index is 2.28. The van der Waals surface area contributed by atoms with Crippen LogP contribution in [0.4, 0.5) is 0 Å². The van der Waals surface area contributed by atoms with Gasteiger partial charge in [0.05, 0.1) is 13.2 Å².